The van der Waals surface area contributed by atoms with Gasteiger partial charge in [-0.15, -0.1) is 6.58 Å². The van der Waals surface area contributed by atoms with Crippen LogP contribution < -0.4 is 11.1 Å². The van der Waals surface area contributed by atoms with E-state index in [0.717, 1.165) is 19.4 Å². The lowest BCUT2D eigenvalue weighted by Gasteiger charge is -2.29. The van der Waals surface area contributed by atoms with Crippen molar-refractivity contribution >= 4 is 0 Å². The lowest BCUT2D eigenvalue weighted by Crippen LogP contribution is -2.50. The quantitative estimate of drug-likeness (QED) is 0.543. The highest BCUT2D eigenvalue weighted by atomic mass is 15.0. The van der Waals surface area contributed by atoms with E-state index < -0.39 is 0 Å². The Bertz CT molecular complexity index is 308. The lowest BCUT2D eigenvalue weighted by atomic mass is 9.93. The molecule has 0 aliphatic rings. The normalized spacial score (nSPS) is 14.4. The first-order valence-corrected chi connectivity index (χ1v) is 5.80. The Hall–Kier alpha value is -1.12. The first-order chi connectivity index (χ1) is 7.70. The zero-order valence-electron chi connectivity index (χ0n) is 10.1. The van der Waals surface area contributed by atoms with E-state index in [1.54, 1.807) is 0 Å². The van der Waals surface area contributed by atoms with Crippen LogP contribution in [0.2, 0.25) is 0 Å². The van der Waals surface area contributed by atoms with Gasteiger partial charge in [0.15, 0.2) is 0 Å². The topological polar surface area (TPSA) is 38.0 Å². The smallest absolute Gasteiger partial charge is 0.0316 e. The summed E-state index contributed by atoms with van der Waals surface area (Å²) in [6.07, 6.45) is 3.86. The maximum atomic E-state index is 5.85. The van der Waals surface area contributed by atoms with E-state index in [9.17, 15) is 0 Å². The zero-order chi connectivity index (χ0) is 11.9. The maximum absolute atomic E-state index is 5.85. The Labute approximate surface area is 98.6 Å². The van der Waals surface area contributed by atoms with Crippen LogP contribution in [0.5, 0.6) is 0 Å². The van der Waals surface area contributed by atoms with Crippen LogP contribution in [0.3, 0.4) is 0 Å². The van der Waals surface area contributed by atoms with Crippen molar-refractivity contribution < 1.29 is 0 Å². The van der Waals surface area contributed by atoms with Gasteiger partial charge in [-0.25, -0.2) is 0 Å². The van der Waals surface area contributed by atoms with Gasteiger partial charge in [0.1, 0.15) is 0 Å². The fourth-order valence-corrected chi connectivity index (χ4v) is 1.73. The summed E-state index contributed by atoms with van der Waals surface area (Å²) in [4.78, 5) is 0. The van der Waals surface area contributed by atoms with Gasteiger partial charge in [-0.2, -0.15) is 0 Å². The van der Waals surface area contributed by atoms with E-state index in [4.69, 9.17) is 5.73 Å². The minimum absolute atomic E-state index is 0.0234. The molecule has 16 heavy (non-hydrogen) atoms. The summed E-state index contributed by atoms with van der Waals surface area (Å²) >= 11 is 0. The highest BCUT2D eigenvalue weighted by molar-refractivity contribution is 5.17. The molecule has 0 bridgehead atoms. The fraction of sp³-hybridized carbons (Fsp3) is 0.429. The second-order valence-corrected chi connectivity index (χ2v) is 4.43. The fourth-order valence-electron chi connectivity index (χ4n) is 1.73. The second-order valence-electron chi connectivity index (χ2n) is 4.43. The Kier molecular flexibility index (Phi) is 5.23. The first-order valence-electron chi connectivity index (χ1n) is 5.80. The average Bonchev–Trinajstić information content (AvgIpc) is 2.31. The standard InChI is InChI=1S/C14H22N2/c1-3-4-10-16-14(2,12-15)11-13-8-6-5-7-9-13/h3,5-9,16H,1,4,10-12,15H2,2H3. The van der Waals surface area contributed by atoms with Crippen LogP contribution in [0.4, 0.5) is 0 Å². The van der Waals surface area contributed by atoms with Gasteiger partial charge in [-0.1, -0.05) is 36.4 Å². The van der Waals surface area contributed by atoms with E-state index in [1.807, 2.05) is 12.1 Å². The average molecular weight is 218 g/mol. The van der Waals surface area contributed by atoms with Gasteiger partial charge >= 0.3 is 0 Å². The molecule has 0 aliphatic carbocycles. The van der Waals surface area contributed by atoms with Gasteiger partial charge in [-0.3, -0.25) is 0 Å². The van der Waals surface area contributed by atoms with Gasteiger partial charge in [0.25, 0.3) is 0 Å². The molecular formula is C14H22N2. The van der Waals surface area contributed by atoms with Gasteiger partial charge in [0.05, 0.1) is 0 Å². The molecule has 2 heteroatoms. The molecule has 0 saturated heterocycles. The van der Waals surface area contributed by atoms with Crippen molar-refractivity contribution in [2.75, 3.05) is 13.1 Å². The Morgan fingerprint density at radius 1 is 1.38 bits per heavy atom. The predicted molar refractivity (Wildman–Crippen MR) is 70.4 cm³/mol. The molecule has 0 aliphatic heterocycles. The minimum atomic E-state index is -0.0234. The molecule has 0 radical (unpaired) electrons. The van der Waals surface area contributed by atoms with Crippen LogP contribution in [0.15, 0.2) is 43.0 Å². The lowest BCUT2D eigenvalue weighted by molar-refractivity contribution is 0.365. The molecule has 1 aromatic carbocycles. The summed E-state index contributed by atoms with van der Waals surface area (Å²) in [7, 11) is 0. The Balaban J connectivity index is 2.55. The van der Waals surface area contributed by atoms with Gasteiger partial charge in [0, 0.05) is 12.1 Å². The Morgan fingerprint density at radius 2 is 2.06 bits per heavy atom. The number of hydrogen-bond donors (Lipinski definition) is 2. The second kappa shape index (κ2) is 6.46. The van der Waals surface area contributed by atoms with Crippen LogP contribution in [0.1, 0.15) is 18.9 Å². The van der Waals surface area contributed by atoms with Gasteiger partial charge in [0.2, 0.25) is 0 Å². The van der Waals surface area contributed by atoms with Crippen LogP contribution in [-0.2, 0) is 6.42 Å². The molecule has 0 fully saturated rings. The molecule has 1 rings (SSSR count). The van der Waals surface area contributed by atoms with E-state index in [1.165, 1.54) is 5.56 Å². The molecule has 0 heterocycles. The third-order valence-corrected chi connectivity index (χ3v) is 2.79. The molecule has 1 atom stereocenters. The van der Waals surface area contributed by atoms with Crippen molar-refractivity contribution in [3.8, 4) is 0 Å². The van der Waals surface area contributed by atoms with Crippen LogP contribution in [0, 0.1) is 0 Å². The number of nitrogens with one attached hydrogen (secondary N) is 1. The molecule has 0 saturated carbocycles. The molecule has 0 aromatic heterocycles. The highest BCUT2D eigenvalue weighted by Gasteiger charge is 2.21. The van der Waals surface area contributed by atoms with Crippen LogP contribution in [0.25, 0.3) is 0 Å². The third kappa shape index (κ3) is 4.17. The van der Waals surface area contributed by atoms with Crippen molar-refractivity contribution in [3.63, 3.8) is 0 Å². The minimum Gasteiger partial charge on any atom is -0.329 e. The number of hydrogen-bond acceptors (Lipinski definition) is 2. The van der Waals surface area contributed by atoms with E-state index in [0.29, 0.717) is 6.54 Å². The van der Waals surface area contributed by atoms with E-state index in [2.05, 4.69) is 43.1 Å². The first kappa shape index (κ1) is 12.9. The van der Waals surface area contributed by atoms with Crippen molar-refractivity contribution in [3.05, 3.63) is 48.6 Å². The monoisotopic (exact) mass is 218 g/mol. The number of nitrogens with two attached hydrogens (primary N) is 1. The largest absolute Gasteiger partial charge is 0.329 e. The number of benzene rings is 1. The summed E-state index contributed by atoms with van der Waals surface area (Å²) in [5, 5.41) is 3.50. The molecular weight excluding hydrogens is 196 g/mol. The van der Waals surface area contributed by atoms with Crippen molar-refractivity contribution in [1.82, 2.24) is 5.32 Å². The molecule has 0 amide bonds. The van der Waals surface area contributed by atoms with Gasteiger partial charge in [-0.05, 0) is 31.9 Å². The van der Waals surface area contributed by atoms with Crippen molar-refractivity contribution in [1.29, 1.82) is 0 Å². The van der Waals surface area contributed by atoms with E-state index in [-0.39, 0.29) is 5.54 Å². The summed E-state index contributed by atoms with van der Waals surface area (Å²) in [6.45, 7) is 7.46. The third-order valence-electron chi connectivity index (χ3n) is 2.79. The van der Waals surface area contributed by atoms with Crippen molar-refractivity contribution in [2.24, 2.45) is 5.73 Å². The summed E-state index contributed by atoms with van der Waals surface area (Å²) < 4.78 is 0. The van der Waals surface area contributed by atoms with Gasteiger partial charge < -0.3 is 11.1 Å². The predicted octanol–water partition coefficient (Wildman–Crippen LogP) is 2.11. The molecule has 0 spiro atoms. The summed E-state index contributed by atoms with van der Waals surface area (Å²) in [5.41, 5.74) is 7.15. The molecule has 88 valence electrons. The maximum Gasteiger partial charge on any atom is 0.0316 e. The molecule has 3 N–H and O–H groups in total. The summed E-state index contributed by atoms with van der Waals surface area (Å²) in [6, 6.07) is 10.5. The highest BCUT2D eigenvalue weighted by Crippen LogP contribution is 2.11. The molecule has 1 unspecified atom stereocenters. The number of rotatable bonds is 7. The van der Waals surface area contributed by atoms with Crippen molar-refractivity contribution in [2.45, 2.75) is 25.3 Å². The molecule has 1 aromatic rings. The van der Waals surface area contributed by atoms with E-state index >= 15 is 0 Å². The van der Waals surface area contributed by atoms with Crippen LogP contribution in [-0.4, -0.2) is 18.6 Å². The SMILES string of the molecule is C=CCCNC(C)(CN)Cc1ccccc1. The van der Waals surface area contributed by atoms with Crippen LogP contribution >= 0.6 is 0 Å². The molecule has 2 nitrogen and oxygen atoms in total. The Morgan fingerprint density at radius 3 is 2.62 bits per heavy atom. The zero-order valence-corrected chi connectivity index (χ0v) is 10.1. The summed E-state index contributed by atoms with van der Waals surface area (Å²) in [5.74, 6) is 0.